The van der Waals surface area contributed by atoms with Crippen LogP contribution < -0.4 is 0 Å². The summed E-state index contributed by atoms with van der Waals surface area (Å²) in [5, 5.41) is 12.7. The Morgan fingerprint density at radius 2 is 1.78 bits per heavy atom. The molecule has 10 heteroatoms. The number of ketones is 2. The van der Waals surface area contributed by atoms with Crippen LogP contribution in [0.1, 0.15) is 26.4 Å². The van der Waals surface area contributed by atoms with Crippen LogP contribution in [0.15, 0.2) is 53.8 Å². The number of benzene rings is 1. The molecule has 0 bridgehead atoms. The molecule has 0 aliphatic rings. The van der Waals surface area contributed by atoms with Crippen molar-refractivity contribution >= 4 is 23.3 Å². The smallest absolute Gasteiger partial charge is 0.412 e. The number of hydrogen-bond donors (Lipinski definition) is 1. The fraction of sp³-hybridized carbons (Fsp3) is 0.118. The summed E-state index contributed by atoms with van der Waals surface area (Å²) in [7, 11) is 0. The Hall–Kier alpha value is -3.01. The van der Waals surface area contributed by atoms with Crippen LogP contribution in [0, 0.1) is 0 Å². The van der Waals surface area contributed by atoms with Crippen molar-refractivity contribution in [3.8, 4) is 5.69 Å². The van der Waals surface area contributed by atoms with Crippen LogP contribution >= 0.6 is 11.8 Å². The normalized spacial score (nSPS) is 11.6. The summed E-state index contributed by atoms with van der Waals surface area (Å²) in [5.41, 5.74) is -0.569. The first kappa shape index (κ1) is 18.8. The molecule has 2 heterocycles. The standard InChI is InChI=1S/C17H12F3N3O3S/c1-27-13-4-2-10(3-5-13)15(24)11-6-14(16(25)17(18,19)20)22(8-11)12-7-21-23(26)9-12/h2-9,26H,1H3. The zero-order chi connectivity index (χ0) is 19.8. The van der Waals surface area contributed by atoms with Crippen LogP contribution in [-0.2, 0) is 0 Å². The van der Waals surface area contributed by atoms with Gasteiger partial charge in [0, 0.05) is 22.2 Å². The van der Waals surface area contributed by atoms with Gasteiger partial charge in [0.1, 0.15) is 0 Å². The Morgan fingerprint density at radius 3 is 2.30 bits per heavy atom. The molecular formula is C17H12F3N3O3S. The van der Waals surface area contributed by atoms with Crippen LogP contribution in [0.5, 0.6) is 0 Å². The van der Waals surface area contributed by atoms with Crippen molar-refractivity contribution in [3.05, 3.63) is 65.7 Å². The minimum absolute atomic E-state index is 0.00174. The lowest BCUT2D eigenvalue weighted by Crippen LogP contribution is -2.25. The molecule has 0 radical (unpaired) electrons. The van der Waals surface area contributed by atoms with Crippen LogP contribution in [0.25, 0.3) is 5.69 Å². The first-order chi connectivity index (χ1) is 12.7. The van der Waals surface area contributed by atoms with Crippen molar-refractivity contribution in [3.63, 3.8) is 0 Å². The molecule has 1 aromatic carbocycles. The topological polar surface area (TPSA) is 77.1 Å². The Bertz CT molecular complexity index is 1010. The van der Waals surface area contributed by atoms with E-state index < -0.39 is 23.4 Å². The maximum Gasteiger partial charge on any atom is 0.456 e. The summed E-state index contributed by atoms with van der Waals surface area (Å²) in [4.78, 5) is 25.7. The number of Topliss-reactive ketones (excluding diaryl/α,β-unsaturated/α-hetero) is 1. The van der Waals surface area contributed by atoms with E-state index in [9.17, 15) is 28.0 Å². The van der Waals surface area contributed by atoms with E-state index in [-0.39, 0.29) is 16.8 Å². The number of carbonyl (C=O) groups excluding carboxylic acids is 2. The van der Waals surface area contributed by atoms with Crippen molar-refractivity contribution in [2.45, 2.75) is 11.1 Å². The predicted molar refractivity (Wildman–Crippen MR) is 90.8 cm³/mol. The molecule has 27 heavy (non-hydrogen) atoms. The van der Waals surface area contributed by atoms with E-state index in [4.69, 9.17) is 0 Å². The number of carbonyl (C=O) groups is 2. The lowest BCUT2D eigenvalue weighted by molar-refractivity contribution is -0.0889. The molecule has 2 aromatic heterocycles. The fourth-order valence-electron chi connectivity index (χ4n) is 2.46. The maximum atomic E-state index is 12.9. The molecule has 140 valence electrons. The van der Waals surface area contributed by atoms with E-state index in [0.29, 0.717) is 4.85 Å². The number of aromatic nitrogens is 3. The van der Waals surface area contributed by atoms with E-state index in [1.807, 2.05) is 6.26 Å². The molecular weight excluding hydrogens is 383 g/mol. The Labute approximate surface area is 155 Å². The maximum absolute atomic E-state index is 12.9. The van der Waals surface area contributed by atoms with E-state index in [0.717, 1.165) is 34.1 Å². The van der Waals surface area contributed by atoms with E-state index in [2.05, 4.69) is 5.10 Å². The first-order valence-corrected chi connectivity index (χ1v) is 8.70. The lowest BCUT2D eigenvalue weighted by atomic mass is 10.1. The highest BCUT2D eigenvalue weighted by Crippen LogP contribution is 2.26. The number of nitrogens with zero attached hydrogens (tertiary/aromatic N) is 3. The third kappa shape index (κ3) is 3.75. The highest BCUT2D eigenvalue weighted by molar-refractivity contribution is 7.98. The van der Waals surface area contributed by atoms with Gasteiger partial charge in [-0.1, -0.05) is 0 Å². The summed E-state index contributed by atoms with van der Waals surface area (Å²) in [6, 6.07) is 7.43. The van der Waals surface area contributed by atoms with Crippen LogP contribution in [0.3, 0.4) is 0 Å². The number of hydrogen-bond acceptors (Lipinski definition) is 5. The molecule has 0 saturated heterocycles. The SMILES string of the molecule is CSc1ccc(C(=O)c2cc(C(=O)C(F)(F)F)n(-c3cnn(O)c3)c2)cc1. The van der Waals surface area contributed by atoms with Gasteiger partial charge < -0.3 is 9.77 Å². The van der Waals surface area contributed by atoms with Crippen LogP contribution in [0.4, 0.5) is 13.2 Å². The molecule has 6 nitrogen and oxygen atoms in total. The van der Waals surface area contributed by atoms with Crippen LogP contribution in [-0.4, -0.2) is 43.7 Å². The monoisotopic (exact) mass is 395 g/mol. The van der Waals surface area contributed by atoms with Gasteiger partial charge in [0.25, 0.3) is 5.78 Å². The number of rotatable bonds is 5. The second kappa shape index (κ2) is 6.95. The number of thioether (sulfide) groups is 1. The number of halogens is 3. The highest BCUT2D eigenvalue weighted by Gasteiger charge is 2.41. The molecule has 0 unspecified atom stereocenters. The first-order valence-electron chi connectivity index (χ1n) is 7.47. The molecule has 0 spiro atoms. The second-order valence-electron chi connectivity index (χ2n) is 5.49. The predicted octanol–water partition coefficient (Wildman–Crippen LogP) is 3.61. The van der Waals surface area contributed by atoms with Gasteiger partial charge >= 0.3 is 6.18 Å². The Morgan fingerprint density at radius 1 is 1.11 bits per heavy atom. The zero-order valence-electron chi connectivity index (χ0n) is 13.8. The van der Waals surface area contributed by atoms with Crippen LogP contribution in [0.2, 0.25) is 0 Å². The summed E-state index contributed by atoms with van der Waals surface area (Å²) >= 11 is 1.48. The largest absolute Gasteiger partial charge is 0.456 e. The fourth-order valence-corrected chi connectivity index (χ4v) is 2.87. The van der Waals surface area contributed by atoms with Gasteiger partial charge in [-0.15, -0.1) is 21.7 Å². The second-order valence-corrected chi connectivity index (χ2v) is 6.37. The molecule has 0 fully saturated rings. The average Bonchev–Trinajstić information content (AvgIpc) is 3.26. The minimum atomic E-state index is -5.12. The summed E-state index contributed by atoms with van der Waals surface area (Å²) < 4.78 is 39.7. The highest BCUT2D eigenvalue weighted by atomic mass is 32.2. The molecule has 3 aromatic rings. The van der Waals surface area contributed by atoms with Gasteiger partial charge in [0.15, 0.2) is 5.78 Å². The van der Waals surface area contributed by atoms with E-state index in [1.165, 1.54) is 11.8 Å². The lowest BCUT2D eigenvalue weighted by Gasteiger charge is -2.07. The summed E-state index contributed by atoms with van der Waals surface area (Å²) in [5.74, 6) is -2.64. The molecule has 3 rings (SSSR count). The van der Waals surface area contributed by atoms with Crippen molar-refractivity contribution in [2.75, 3.05) is 6.26 Å². The van der Waals surface area contributed by atoms with Gasteiger partial charge in [0.2, 0.25) is 0 Å². The molecule has 0 amide bonds. The van der Waals surface area contributed by atoms with Gasteiger partial charge in [-0.3, -0.25) is 9.59 Å². The number of alkyl halides is 3. The Balaban J connectivity index is 2.07. The minimum Gasteiger partial charge on any atom is -0.412 e. The third-order valence-corrected chi connectivity index (χ3v) is 4.50. The molecule has 0 aliphatic heterocycles. The molecule has 0 saturated carbocycles. The van der Waals surface area contributed by atoms with Crippen molar-refractivity contribution < 1.29 is 28.0 Å². The van der Waals surface area contributed by atoms with E-state index in [1.54, 1.807) is 24.3 Å². The van der Waals surface area contributed by atoms with Gasteiger partial charge in [-0.05, 0) is 36.6 Å². The molecule has 1 N–H and O–H groups in total. The van der Waals surface area contributed by atoms with Gasteiger partial charge in [0.05, 0.1) is 23.8 Å². The summed E-state index contributed by atoms with van der Waals surface area (Å²) in [6.45, 7) is 0. The van der Waals surface area contributed by atoms with Crippen molar-refractivity contribution in [1.29, 1.82) is 0 Å². The summed E-state index contributed by atoms with van der Waals surface area (Å²) in [6.07, 6.45) is -0.0664. The van der Waals surface area contributed by atoms with Crippen molar-refractivity contribution in [1.82, 2.24) is 14.5 Å². The van der Waals surface area contributed by atoms with E-state index >= 15 is 0 Å². The van der Waals surface area contributed by atoms with Gasteiger partial charge in [-0.2, -0.15) is 13.2 Å². The molecule has 0 atom stereocenters. The third-order valence-electron chi connectivity index (χ3n) is 3.76. The Kier molecular flexibility index (Phi) is 4.83. The average molecular weight is 395 g/mol. The van der Waals surface area contributed by atoms with Crippen molar-refractivity contribution in [2.24, 2.45) is 0 Å². The quantitative estimate of drug-likeness (QED) is 0.406. The molecule has 0 aliphatic carbocycles. The zero-order valence-corrected chi connectivity index (χ0v) is 14.6. The van der Waals surface area contributed by atoms with Gasteiger partial charge in [-0.25, -0.2) is 0 Å².